The van der Waals surface area contributed by atoms with Gasteiger partial charge >= 0.3 is 0 Å². The van der Waals surface area contributed by atoms with Gasteiger partial charge in [0.1, 0.15) is 0 Å². The molecule has 0 radical (unpaired) electrons. The molecule has 100 valence electrons. The molecule has 2 heteroatoms. The number of benzene rings is 1. The lowest BCUT2D eigenvalue weighted by Crippen LogP contribution is -1.94. The van der Waals surface area contributed by atoms with Gasteiger partial charge in [-0.05, 0) is 48.7 Å². The van der Waals surface area contributed by atoms with Crippen molar-refractivity contribution in [2.45, 2.75) is 27.7 Å². The normalized spacial score (nSPS) is 9.47. The minimum Gasteiger partial charge on any atom is -0.399 e. The smallest absolute Gasteiger partial charge is 0.0382 e. The molecule has 0 saturated carbocycles. The minimum absolute atomic E-state index is 0.592. The molecule has 2 nitrogen and oxygen atoms in total. The number of aromatic nitrogens is 1. The van der Waals surface area contributed by atoms with E-state index in [1.165, 1.54) is 0 Å². The van der Waals surface area contributed by atoms with Gasteiger partial charge in [0.2, 0.25) is 0 Å². The van der Waals surface area contributed by atoms with Crippen LogP contribution < -0.4 is 5.73 Å². The Labute approximate surface area is 116 Å². The highest BCUT2D eigenvalue weighted by Crippen LogP contribution is 2.23. The summed E-state index contributed by atoms with van der Waals surface area (Å²) in [4.78, 5) is 4.38. The van der Waals surface area contributed by atoms with Crippen molar-refractivity contribution >= 4 is 5.70 Å². The molecule has 0 bridgehead atoms. The van der Waals surface area contributed by atoms with Crippen molar-refractivity contribution in [3.8, 4) is 11.1 Å². The number of pyridine rings is 1. The van der Waals surface area contributed by atoms with E-state index in [2.05, 4.69) is 35.8 Å². The third kappa shape index (κ3) is 3.95. The van der Waals surface area contributed by atoms with Crippen LogP contribution >= 0.6 is 0 Å². The van der Waals surface area contributed by atoms with E-state index in [0.29, 0.717) is 5.70 Å². The van der Waals surface area contributed by atoms with Gasteiger partial charge in [0.05, 0.1) is 0 Å². The summed E-state index contributed by atoms with van der Waals surface area (Å²) in [6.07, 6.45) is 0. The summed E-state index contributed by atoms with van der Waals surface area (Å²) in [5.74, 6) is 0. The second-order valence-corrected chi connectivity index (χ2v) is 4.24. The van der Waals surface area contributed by atoms with Gasteiger partial charge in [-0.2, -0.15) is 0 Å². The van der Waals surface area contributed by atoms with E-state index in [-0.39, 0.29) is 0 Å². The van der Waals surface area contributed by atoms with Crippen LogP contribution in [0.15, 0.2) is 43.0 Å². The van der Waals surface area contributed by atoms with E-state index in [1.807, 2.05) is 39.8 Å². The van der Waals surface area contributed by atoms with Crippen LogP contribution in [-0.2, 0) is 0 Å². The molecule has 19 heavy (non-hydrogen) atoms. The Hall–Kier alpha value is -2.09. The predicted octanol–water partition coefficient (Wildman–Crippen LogP) is 4.32. The van der Waals surface area contributed by atoms with Crippen molar-refractivity contribution in [2.24, 2.45) is 5.73 Å². The minimum atomic E-state index is 0.592. The van der Waals surface area contributed by atoms with E-state index in [9.17, 15) is 0 Å². The zero-order valence-electron chi connectivity index (χ0n) is 12.2. The Bertz CT molecular complexity index is 551. The van der Waals surface area contributed by atoms with Gasteiger partial charge < -0.3 is 5.73 Å². The predicted molar refractivity (Wildman–Crippen MR) is 83.7 cm³/mol. The van der Waals surface area contributed by atoms with Gasteiger partial charge in [-0.25, -0.2) is 0 Å². The lowest BCUT2D eigenvalue weighted by molar-refractivity contribution is 1.12. The molecule has 0 atom stereocenters. The third-order valence-electron chi connectivity index (χ3n) is 2.65. The number of rotatable bonds is 2. The molecule has 0 unspecified atom stereocenters. The molecule has 1 aromatic heterocycles. The van der Waals surface area contributed by atoms with E-state index < -0.39 is 0 Å². The zero-order valence-corrected chi connectivity index (χ0v) is 12.2. The van der Waals surface area contributed by atoms with E-state index in [0.717, 1.165) is 28.1 Å². The van der Waals surface area contributed by atoms with Crippen molar-refractivity contribution in [2.75, 3.05) is 0 Å². The Kier molecular flexibility index (Phi) is 5.31. The Balaban J connectivity index is 0.000000861. The number of nitrogens with two attached hydrogens (primary N) is 1. The van der Waals surface area contributed by atoms with Gasteiger partial charge in [-0.15, -0.1) is 0 Å². The maximum atomic E-state index is 5.71. The molecular formula is C17H22N2. The van der Waals surface area contributed by atoms with Gasteiger partial charge in [0, 0.05) is 17.1 Å². The first kappa shape index (κ1) is 15.0. The highest BCUT2D eigenvalue weighted by Gasteiger charge is 2.02. The molecule has 0 spiro atoms. The summed E-state index contributed by atoms with van der Waals surface area (Å²) in [5, 5.41) is 0. The van der Waals surface area contributed by atoms with E-state index >= 15 is 0 Å². The van der Waals surface area contributed by atoms with Crippen LogP contribution in [0.2, 0.25) is 0 Å². The van der Waals surface area contributed by atoms with Crippen LogP contribution in [0.5, 0.6) is 0 Å². The molecule has 0 aliphatic carbocycles. The first-order valence-electron chi connectivity index (χ1n) is 6.57. The van der Waals surface area contributed by atoms with Crippen LogP contribution in [0.3, 0.4) is 0 Å². The van der Waals surface area contributed by atoms with Gasteiger partial charge in [0.25, 0.3) is 0 Å². The molecule has 0 fully saturated rings. The van der Waals surface area contributed by atoms with Gasteiger partial charge in [0.15, 0.2) is 0 Å². The quantitative estimate of drug-likeness (QED) is 0.866. The first-order chi connectivity index (χ1) is 9.06. The molecular weight excluding hydrogens is 232 g/mol. The van der Waals surface area contributed by atoms with Crippen LogP contribution in [0, 0.1) is 13.8 Å². The fourth-order valence-electron chi connectivity index (χ4n) is 1.90. The number of aryl methyl sites for hydroxylation is 2. The maximum absolute atomic E-state index is 5.71. The Morgan fingerprint density at radius 3 is 2.11 bits per heavy atom. The molecule has 2 rings (SSSR count). The lowest BCUT2D eigenvalue weighted by Gasteiger charge is -2.07. The summed E-state index contributed by atoms with van der Waals surface area (Å²) >= 11 is 0. The monoisotopic (exact) mass is 254 g/mol. The number of hydrogen-bond donors (Lipinski definition) is 1. The summed E-state index contributed by atoms with van der Waals surface area (Å²) in [6, 6.07) is 12.2. The third-order valence-corrected chi connectivity index (χ3v) is 2.65. The molecule has 0 amide bonds. The van der Waals surface area contributed by atoms with E-state index in [1.54, 1.807) is 0 Å². The fourth-order valence-corrected chi connectivity index (χ4v) is 1.90. The number of nitrogens with zero attached hydrogens (tertiary/aromatic N) is 1. The van der Waals surface area contributed by atoms with Crippen molar-refractivity contribution in [1.82, 2.24) is 4.98 Å². The summed E-state index contributed by atoms with van der Waals surface area (Å²) in [6.45, 7) is 11.8. The summed E-state index contributed by atoms with van der Waals surface area (Å²) < 4.78 is 0. The molecule has 0 aliphatic rings. The van der Waals surface area contributed by atoms with E-state index in [4.69, 9.17) is 5.73 Å². The molecule has 0 aliphatic heterocycles. The van der Waals surface area contributed by atoms with Crippen molar-refractivity contribution in [3.63, 3.8) is 0 Å². The molecule has 2 N–H and O–H groups in total. The topological polar surface area (TPSA) is 38.9 Å². The van der Waals surface area contributed by atoms with Crippen LogP contribution in [0.4, 0.5) is 0 Å². The average molecular weight is 254 g/mol. The van der Waals surface area contributed by atoms with Crippen molar-refractivity contribution in [1.29, 1.82) is 0 Å². The second-order valence-electron chi connectivity index (χ2n) is 4.24. The molecule has 0 saturated heterocycles. The van der Waals surface area contributed by atoms with Crippen LogP contribution in [0.1, 0.15) is 30.8 Å². The fraction of sp³-hybridized carbons (Fsp3) is 0.235. The molecule has 2 aromatic rings. The molecule has 1 heterocycles. The Morgan fingerprint density at radius 2 is 1.58 bits per heavy atom. The summed E-state index contributed by atoms with van der Waals surface area (Å²) in [5.41, 5.74) is 11.6. The maximum Gasteiger partial charge on any atom is 0.0382 e. The summed E-state index contributed by atoms with van der Waals surface area (Å²) in [7, 11) is 0. The second kappa shape index (κ2) is 6.74. The largest absolute Gasteiger partial charge is 0.399 e. The van der Waals surface area contributed by atoms with Crippen LogP contribution in [0.25, 0.3) is 16.8 Å². The van der Waals surface area contributed by atoms with Crippen molar-refractivity contribution in [3.05, 3.63) is 59.9 Å². The number of hydrogen-bond acceptors (Lipinski definition) is 2. The van der Waals surface area contributed by atoms with Crippen LogP contribution in [-0.4, -0.2) is 4.98 Å². The lowest BCUT2D eigenvalue weighted by atomic mass is 10.0. The van der Waals surface area contributed by atoms with Gasteiger partial charge in [-0.3, -0.25) is 4.98 Å². The zero-order chi connectivity index (χ0) is 14.4. The molecule has 1 aromatic carbocycles. The Morgan fingerprint density at radius 1 is 1.00 bits per heavy atom. The highest BCUT2D eigenvalue weighted by molar-refractivity contribution is 5.70. The highest BCUT2D eigenvalue weighted by atomic mass is 14.7. The first-order valence-corrected chi connectivity index (χ1v) is 6.57. The standard InChI is InChI=1S/C15H16N2.C2H6/c1-10-7-15(8-11(2)17-10)14-6-4-5-13(9-14)12(3)16;1-2/h4-9H,3,16H2,1-2H3;1-2H3. The van der Waals surface area contributed by atoms with Gasteiger partial charge in [-0.1, -0.05) is 38.6 Å². The average Bonchev–Trinajstić information content (AvgIpc) is 2.40. The SMILES string of the molecule is C=C(N)c1cccc(-c2cc(C)nc(C)c2)c1.CC. The van der Waals surface area contributed by atoms with Crippen molar-refractivity contribution < 1.29 is 0 Å².